The quantitative estimate of drug-likeness (QED) is 0.276. The number of nitrogens with one attached hydrogen (secondary N) is 1. The summed E-state index contributed by atoms with van der Waals surface area (Å²) >= 11 is 6.34. The van der Waals surface area contributed by atoms with E-state index in [1.165, 1.54) is 10.7 Å². The first-order valence-electron chi connectivity index (χ1n) is 10.7. The molecule has 0 aliphatic carbocycles. The highest BCUT2D eigenvalue weighted by Crippen LogP contribution is 2.31. The van der Waals surface area contributed by atoms with Crippen molar-refractivity contribution in [3.05, 3.63) is 87.0 Å². The van der Waals surface area contributed by atoms with E-state index >= 15 is 4.39 Å². The number of nitrogens with zero attached hydrogens (tertiary/aromatic N) is 4. The highest BCUT2D eigenvalue weighted by Gasteiger charge is 2.19. The van der Waals surface area contributed by atoms with Gasteiger partial charge in [0.25, 0.3) is 5.56 Å². The minimum atomic E-state index is -0.929. The van der Waals surface area contributed by atoms with Crippen LogP contribution in [0.15, 0.2) is 59.4 Å². The Kier molecular flexibility index (Phi) is 7.03. The zero-order chi connectivity index (χ0) is 24.9. The van der Waals surface area contributed by atoms with E-state index in [0.29, 0.717) is 22.8 Å². The predicted molar refractivity (Wildman–Crippen MR) is 130 cm³/mol. The normalized spacial score (nSPS) is 10.8. The van der Waals surface area contributed by atoms with Crippen LogP contribution in [-0.4, -0.2) is 32.4 Å². The summed E-state index contributed by atoms with van der Waals surface area (Å²) in [4.78, 5) is 27.7. The van der Waals surface area contributed by atoms with Gasteiger partial charge >= 0.3 is 5.97 Å². The Balaban J connectivity index is 1.75. The van der Waals surface area contributed by atoms with Gasteiger partial charge in [0.1, 0.15) is 11.5 Å². The van der Waals surface area contributed by atoms with Crippen molar-refractivity contribution >= 4 is 34.2 Å². The number of benzene rings is 2. The van der Waals surface area contributed by atoms with Crippen LogP contribution in [0.2, 0.25) is 5.02 Å². The number of pyridine rings is 1. The summed E-state index contributed by atoms with van der Waals surface area (Å²) in [6.07, 6.45) is 0.283. The van der Waals surface area contributed by atoms with Crippen LogP contribution in [-0.2, 0) is 11.3 Å². The number of rotatable bonds is 8. The fourth-order valence-electron chi connectivity index (χ4n) is 3.60. The maximum absolute atomic E-state index is 15.2. The molecule has 0 aliphatic heterocycles. The number of carboxylic acid groups (broad SMARTS) is 1. The summed E-state index contributed by atoms with van der Waals surface area (Å²) < 4.78 is 16.4. The topological polar surface area (TPSA) is 121 Å². The summed E-state index contributed by atoms with van der Waals surface area (Å²) in [7, 11) is 0. The van der Waals surface area contributed by atoms with Crippen LogP contribution < -0.4 is 10.9 Å². The Morgan fingerprint density at radius 3 is 2.57 bits per heavy atom. The molecule has 0 fully saturated rings. The molecule has 8 nitrogen and oxygen atoms in total. The fourth-order valence-corrected chi connectivity index (χ4v) is 3.82. The molecule has 0 saturated heterocycles. The first-order chi connectivity index (χ1) is 16.9. The van der Waals surface area contributed by atoms with Gasteiger partial charge in [0.05, 0.1) is 34.1 Å². The van der Waals surface area contributed by atoms with Crippen molar-refractivity contribution in [2.45, 2.75) is 19.4 Å². The Bertz CT molecular complexity index is 1510. The lowest BCUT2D eigenvalue weighted by atomic mass is 10.1. The first-order valence-corrected chi connectivity index (χ1v) is 11.1. The first kappa shape index (κ1) is 23.9. The van der Waals surface area contributed by atoms with E-state index < -0.39 is 11.9 Å². The zero-order valence-electron chi connectivity index (χ0n) is 18.3. The van der Waals surface area contributed by atoms with Gasteiger partial charge in [-0.25, -0.2) is 9.67 Å². The molecule has 2 N–H and O–H groups in total. The molecular weight excluding hydrogens is 473 g/mol. The zero-order valence-corrected chi connectivity index (χ0v) is 19.1. The third kappa shape index (κ3) is 5.28. The number of halogens is 2. The number of aliphatic carboxylic acids is 1. The van der Waals surface area contributed by atoms with Crippen molar-refractivity contribution in [1.82, 2.24) is 14.8 Å². The molecule has 2 aromatic carbocycles. The van der Waals surface area contributed by atoms with Gasteiger partial charge in [-0.1, -0.05) is 41.9 Å². The second kappa shape index (κ2) is 10.3. The molecular formula is C25H19ClFN5O3. The van der Waals surface area contributed by atoms with Gasteiger partial charge in [0.2, 0.25) is 5.95 Å². The molecule has 4 aromatic rings. The smallest absolute Gasteiger partial charge is 0.303 e. The number of anilines is 1. The summed E-state index contributed by atoms with van der Waals surface area (Å²) in [5.41, 5.74) is 1.13. The van der Waals surface area contributed by atoms with Gasteiger partial charge in [-0.2, -0.15) is 14.8 Å². The van der Waals surface area contributed by atoms with E-state index in [1.807, 2.05) is 6.07 Å². The summed E-state index contributed by atoms with van der Waals surface area (Å²) in [6, 6.07) is 16.9. The number of carbonyl (C=O) groups is 1. The fraction of sp³-hybridized carbons (Fsp3) is 0.160. The van der Waals surface area contributed by atoms with E-state index in [0.717, 1.165) is 5.56 Å². The van der Waals surface area contributed by atoms with Gasteiger partial charge in [0, 0.05) is 18.4 Å². The third-order valence-electron chi connectivity index (χ3n) is 5.33. The molecule has 10 heteroatoms. The van der Waals surface area contributed by atoms with Crippen molar-refractivity contribution in [2.24, 2.45) is 0 Å². The molecule has 176 valence electrons. The summed E-state index contributed by atoms with van der Waals surface area (Å²) in [6.45, 7) is 0.378. The SMILES string of the molecule is N#Cc1ccc(Cn2nc(-c3cc(Cl)c(NCCCC(=O)O)nc3F)c3ccccc3c2=O)cc1. The van der Waals surface area contributed by atoms with Gasteiger partial charge < -0.3 is 10.4 Å². The number of carboxylic acids is 1. The maximum atomic E-state index is 15.2. The lowest BCUT2D eigenvalue weighted by Gasteiger charge is -2.13. The van der Waals surface area contributed by atoms with Gasteiger partial charge in [-0.3, -0.25) is 9.59 Å². The van der Waals surface area contributed by atoms with E-state index in [2.05, 4.69) is 15.4 Å². The predicted octanol–water partition coefficient (Wildman–Crippen LogP) is 4.45. The lowest BCUT2D eigenvalue weighted by Crippen LogP contribution is -2.24. The molecule has 0 radical (unpaired) electrons. The van der Waals surface area contributed by atoms with Crippen LogP contribution in [0, 0.1) is 17.3 Å². The lowest BCUT2D eigenvalue weighted by molar-refractivity contribution is -0.137. The van der Waals surface area contributed by atoms with E-state index in [4.69, 9.17) is 22.0 Å². The molecule has 35 heavy (non-hydrogen) atoms. The average molecular weight is 492 g/mol. The molecule has 4 rings (SSSR count). The minimum Gasteiger partial charge on any atom is -0.481 e. The molecule has 0 unspecified atom stereocenters. The van der Waals surface area contributed by atoms with Gasteiger partial charge in [0.15, 0.2) is 0 Å². The van der Waals surface area contributed by atoms with Crippen LogP contribution in [0.3, 0.4) is 0 Å². The number of aromatic nitrogens is 3. The van der Waals surface area contributed by atoms with Crippen LogP contribution in [0.25, 0.3) is 22.0 Å². The number of nitriles is 1. The molecule has 0 aliphatic rings. The van der Waals surface area contributed by atoms with Crippen molar-refractivity contribution in [3.8, 4) is 17.3 Å². The van der Waals surface area contributed by atoms with Crippen molar-refractivity contribution in [3.63, 3.8) is 0 Å². The number of hydrogen-bond donors (Lipinski definition) is 2. The average Bonchev–Trinajstić information content (AvgIpc) is 2.86. The molecule has 0 spiro atoms. The highest BCUT2D eigenvalue weighted by molar-refractivity contribution is 6.33. The third-order valence-corrected chi connectivity index (χ3v) is 5.62. The van der Waals surface area contributed by atoms with Crippen molar-refractivity contribution in [1.29, 1.82) is 5.26 Å². The van der Waals surface area contributed by atoms with Gasteiger partial charge in [-0.15, -0.1) is 0 Å². The van der Waals surface area contributed by atoms with E-state index in [-0.39, 0.29) is 47.2 Å². The Morgan fingerprint density at radius 1 is 1.17 bits per heavy atom. The summed E-state index contributed by atoms with van der Waals surface area (Å²) in [5.74, 6) is -1.67. The molecule has 0 atom stereocenters. The molecule has 0 saturated carbocycles. The monoisotopic (exact) mass is 491 g/mol. The Hall–Kier alpha value is -4.29. The van der Waals surface area contributed by atoms with Gasteiger partial charge in [-0.05, 0) is 36.2 Å². The van der Waals surface area contributed by atoms with Crippen molar-refractivity contribution in [2.75, 3.05) is 11.9 Å². The maximum Gasteiger partial charge on any atom is 0.303 e. The van der Waals surface area contributed by atoms with Crippen LogP contribution >= 0.6 is 11.6 Å². The number of hydrogen-bond acceptors (Lipinski definition) is 6. The standard InChI is InChI=1S/C25H19ClFN5O3/c26-20-12-19(23(27)30-24(20)29-11-3-6-21(33)34)22-17-4-1-2-5-18(17)25(35)32(31-22)14-16-9-7-15(13-28)8-10-16/h1-2,4-5,7-10,12H,3,6,11,14H2,(H,29,30)(H,33,34). The van der Waals surface area contributed by atoms with Crippen LogP contribution in [0.1, 0.15) is 24.0 Å². The largest absolute Gasteiger partial charge is 0.481 e. The second-order valence-electron chi connectivity index (χ2n) is 7.75. The second-order valence-corrected chi connectivity index (χ2v) is 8.15. The molecule has 0 bridgehead atoms. The highest BCUT2D eigenvalue weighted by atomic mass is 35.5. The molecule has 0 amide bonds. The van der Waals surface area contributed by atoms with Crippen LogP contribution in [0.4, 0.5) is 10.2 Å². The van der Waals surface area contributed by atoms with E-state index in [1.54, 1.807) is 48.5 Å². The Morgan fingerprint density at radius 2 is 1.89 bits per heavy atom. The molecule has 2 aromatic heterocycles. The minimum absolute atomic E-state index is 0.0239. The van der Waals surface area contributed by atoms with E-state index in [9.17, 15) is 9.59 Å². The van der Waals surface area contributed by atoms with Crippen LogP contribution in [0.5, 0.6) is 0 Å². The summed E-state index contributed by atoms with van der Waals surface area (Å²) in [5, 5.41) is 26.0. The Labute approximate surface area is 204 Å². The molecule has 2 heterocycles. The van der Waals surface area contributed by atoms with Crippen molar-refractivity contribution < 1.29 is 14.3 Å². The number of fused-ring (bicyclic) bond motifs is 1.